The van der Waals surface area contributed by atoms with Gasteiger partial charge in [-0.3, -0.25) is 0 Å². The van der Waals surface area contributed by atoms with Crippen molar-refractivity contribution in [2.45, 2.75) is 12.8 Å². The third kappa shape index (κ3) is 5.19. The maximum atomic E-state index is 8.23. The lowest BCUT2D eigenvalue weighted by Crippen LogP contribution is -1.74. The van der Waals surface area contributed by atoms with E-state index in [-0.39, 0.29) is 6.61 Å². The fourth-order valence-corrected chi connectivity index (χ4v) is 0.328. The fourth-order valence-electron chi connectivity index (χ4n) is 0.328. The summed E-state index contributed by atoms with van der Waals surface area (Å²) >= 11 is 0. The maximum Gasteiger partial charge on any atom is 0.0663 e. The SMILES string of the molecule is N#CC/C=C/CCO. The molecule has 0 saturated heterocycles. The molecule has 0 amide bonds. The van der Waals surface area contributed by atoms with Crippen LogP contribution in [0.2, 0.25) is 0 Å². The van der Waals surface area contributed by atoms with Crippen molar-refractivity contribution in [3.63, 3.8) is 0 Å². The smallest absolute Gasteiger partial charge is 0.0663 e. The van der Waals surface area contributed by atoms with E-state index in [1.807, 2.05) is 6.07 Å². The Labute approximate surface area is 49.1 Å². The third-order valence-electron chi connectivity index (χ3n) is 0.672. The Morgan fingerprint density at radius 3 is 2.75 bits per heavy atom. The van der Waals surface area contributed by atoms with E-state index in [0.717, 1.165) is 0 Å². The minimum Gasteiger partial charge on any atom is -0.396 e. The van der Waals surface area contributed by atoms with Crippen molar-refractivity contribution < 1.29 is 5.11 Å². The number of aliphatic hydroxyl groups is 1. The van der Waals surface area contributed by atoms with Gasteiger partial charge in [-0.05, 0) is 6.42 Å². The second-order valence-corrected chi connectivity index (χ2v) is 1.35. The highest BCUT2D eigenvalue weighted by molar-refractivity contribution is 4.89. The van der Waals surface area contributed by atoms with Crippen molar-refractivity contribution >= 4 is 0 Å². The van der Waals surface area contributed by atoms with Gasteiger partial charge in [-0.2, -0.15) is 5.26 Å². The predicted octanol–water partition coefficient (Wildman–Crippen LogP) is 0.839. The maximum absolute atomic E-state index is 8.23. The number of allylic oxidation sites excluding steroid dienone is 1. The minimum atomic E-state index is 0.169. The van der Waals surface area contributed by atoms with Gasteiger partial charge in [0.05, 0.1) is 12.5 Å². The first-order valence-corrected chi connectivity index (χ1v) is 2.54. The Bertz CT molecular complexity index is 102. The lowest BCUT2D eigenvalue weighted by Gasteiger charge is -1.78. The summed E-state index contributed by atoms with van der Waals surface area (Å²) in [6.45, 7) is 0.169. The van der Waals surface area contributed by atoms with E-state index in [2.05, 4.69) is 0 Å². The summed E-state index contributed by atoms with van der Waals surface area (Å²) in [6, 6.07) is 1.96. The molecule has 0 radical (unpaired) electrons. The van der Waals surface area contributed by atoms with Crippen molar-refractivity contribution in [1.82, 2.24) is 0 Å². The zero-order valence-corrected chi connectivity index (χ0v) is 4.67. The molecule has 0 aliphatic rings. The molecule has 2 heteroatoms. The van der Waals surface area contributed by atoms with Crippen molar-refractivity contribution in [3.8, 4) is 6.07 Å². The molecule has 0 aromatic heterocycles. The lowest BCUT2D eigenvalue weighted by atomic mass is 10.3. The second-order valence-electron chi connectivity index (χ2n) is 1.35. The van der Waals surface area contributed by atoms with Gasteiger partial charge in [0, 0.05) is 6.61 Å². The number of aliphatic hydroxyl groups excluding tert-OH is 1. The standard InChI is InChI=1S/C6H9NO/c7-5-3-1-2-4-6-8/h1-2,8H,3-4,6H2/b2-1+. The number of nitriles is 1. The van der Waals surface area contributed by atoms with Gasteiger partial charge in [0.2, 0.25) is 0 Å². The molecular weight excluding hydrogens is 102 g/mol. The molecule has 0 aromatic rings. The van der Waals surface area contributed by atoms with Gasteiger partial charge in [-0.15, -0.1) is 0 Å². The number of nitrogens with zero attached hydrogens (tertiary/aromatic N) is 1. The summed E-state index contributed by atoms with van der Waals surface area (Å²) in [5, 5.41) is 16.2. The van der Waals surface area contributed by atoms with Crippen LogP contribution in [0.15, 0.2) is 12.2 Å². The van der Waals surface area contributed by atoms with E-state index >= 15 is 0 Å². The van der Waals surface area contributed by atoms with Crippen molar-refractivity contribution in [3.05, 3.63) is 12.2 Å². The highest BCUT2D eigenvalue weighted by atomic mass is 16.2. The number of rotatable bonds is 3. The lowest BCUT2D eigenvalue weighted by molar-refractivity contribution is 0.302. The topological polar surface area (TPSA) is 44.0 Å². The largest absolute Gasteiger partial charge is 0.396 e. The van der Waals surface area contributed by atoms with Gasteiger partial charge < -0.3 is 5.11 Å². The Morgan fingerprint density at radius 1 is 1.50 bits per heavy atom. The van der Waals surface area contributed by atoms with Crippen LogP contribution >= 0.6 is 0 Å². The van der Waals surface area contributed by atoms with Crippen LogP contribution < -0.4 is 0 Å². The van der Waals surface area contributed by atoms with E-state index in [4.69, 9.17) is 10.4 Å². The molecule has 0 saturated carbocycles. The van der Waals surface area contributed by atoms with E-state index in [1.54, 1.807) is 12.2 Å². The molecule has 0 atom stereocenters. The zero-order chi connectivity index (χ0) is 6.24. The van der Waals surface area contributed by atoms with Crippen LogP contribution in [0.4, 0.5) is 0 Å². The van der Waals surface area contributed by atoms with E-state index in [9.17, 15) is 0 Å². The van der Waals surface area contributed by atoms with Crippen LogP contribution in [-0.4, -0.2) is 11.7 Å². The summed E-state index contributed by atoms with van der Waals surface area (Å²) < 4.78 is 0. The Morgan fingerprint density at radius 2 is 2.25 bits per heavy atom. The Kier molecular flexibility index (Phi) is 5.56. The van der Waals surface area contributed by atoms with E-state index in [1.165, 1.54) is 0 Å². The van der Waals surface area contributed by atoms with Crippen LogP contribution in [0.5, 0.6) is 0 Å². The van der Waals surface area contributed by atoms with Crippen LogP contribution in [0.3, 0.4) is 0 Å². The van der Waals surface area contributed by atoms with Gasteiger partial charge in [0.15, 0.2) is 0 Å². The molecule has 0 heterocycles. The molecule has 0 bridgehead atoms. The molecule has 1 N–H and O–H groups in total. The summed E-state index contributed by atoms with van der Waals surface area (Å²) in [4.78, 5) is 0. The van der Waals surface area contributed by atoms with Gasteiger partial charge in [0.1, 0.15) is 0 Å². The first-order valence-electron chi connectivity index (χ1n) is 2.54. The van der Waals surface area contributed by atoms with Gasteiger partial charge in [0.25, 0.3) is 0 Å². The molecule has 2 nitrogen and oxygen atoms in total. The fraction of sp³-hybridized carbons (Fsp3) is 0.500. The Balaban J connectivity index is 2.98. The molecule has 0 rings (SSSR count). The van der Waals surface area contributed by atoms with Crippen LogP contribution in [0, 0.1) is 11.3 Å². The van der Waals surface area contributed by atoms with Crippen LogP contribution in [-0.2, 0) is 0 Å². The monoisotopic (exact) mass is 111 g/mol. The van der Waals surface area contributed by atoms with E-state index in [0.29, 0.717) is 12.8 Å². The van der Waals surface area contributed by atoms with Crippen LogP contribution in [0.25, 0.3) is 0 Å². The molecule has 0 unspecified atom stereocenters. The molecule has 0 fully saturated rings. The third-order valence-corrected chi connectivity index (χ3v) is 0.672. The average molecular weight is 111 g/mol. The van der Waals surface area contributed by atoms with Gasteiger partial charge in [-0.1, -0.05) is 12.2 Å². The molecule has 44 valence electrons. The highest BCUT2D eigenvalue weighted by Crippen LogP contribution is 1.82. The number of hydrogen-bond donors (Lipinski definition) is 1. The molecule has 0 aliphatic carbocycles. The second kappa shape index (κ2) is 6.19. The average Bonchev–Trinajstić information content (AvgIpc) is 1.81. The molecule has 8 heavy (non-hydrogen) atoms. The van der Waals surface area contributed by atoms with Crippen molar-refractivity contribution in [1.29, 1.82) is 5.26 Å². The van der Waals surface area contributed by atoms with E-state index < -0.39 is 0 Å². The summed E-state index contributed by atoms with van der Waals surface area (Å²) in [7, 11) is 0. The minimum absolute atomic E-state index is 0.169. The molecule has 0 aliphatic heterocycles. The Hall–Kier alpha value is -0.810. The first-order chi connectivity index (χ1) is 3.91. The molecule has 0 spiro atoms. The van der Waals surface area contributed by atoms with Gasteiger partial charge >= 0.3 is 0 Å². The van der Waals surface area contributed by atoms with Crippen molar-refractivity contribution in [2.24, 2.45) is 0 Å². The summed E-state index contributed by atoms with van der Waals surface area (Å²) in [5.41, 5.74) is 0. The molecule has 0 aromatic carbocycles. The predicted molar refractivity (Wildman–Crippen MR) is 31.1 cm³/mol. The molecular formula is C6H9NO. The van der Waals surface area contributed by atoms with Crippen LogP contribution in [0.1, 0.15) is 12.8 Å². The van der Waals surface area contributed by atoms with Gasteiger partial charge in [-0.25, -0.2) is 0 Å². The summed E-state index contributed by atoms with van der Waals surface area (Å²) in [5.74, 6) is 0. The highest BCUT2D eigenvalue weighted by Gasteiger charge is 1.71. The normalized spacial score (nSPS) is 9.50. The van der Waals surface area contributed by atoms with Crippen molar-refractivity contribution in [2.75, 3.05) is 6.61 Å². The quantitative estimate of drug-likeness (QED) is 0.548. The first kappa shape index (κ1) is 7.19. The zero-order valence-electron chi connectivity index (χ0n) is 4.67. The number of hydrogen-bond acceptors (Lipinski definition) is 2. The summed E-state index contributed by atoms with van der Waals surface area (Å²) in [6.07, 6.45) is 4.64.